The fourth-order valence-corrected chi connectivity index (χ4v) is 4.25. The molecule has 2 saturated carbocycles. The summed E-state index contributed by atoms with van der Waals surface area (Å²) in [5, 5.41) is 0. The lowest BCUT2D eigenvalue weighted by atomic mass is 10.0. The quantitative estimate of drug-likeness (QED) is 0.591. The Morgan fingerprint density at radius 1 is 1.10 bits per heavy atom. The van der Waals surface area contributed by atoms with Crippen LogP contribution in [0.4, 0.5) is 0 Å². The molecule has 0 saturated heterocycles. The van der Waals surface area contributed by atoms with E-state index in [1.165, 1.54) is 25.7 Å². The van der Waals surface area contributed by atoms with E-state index in [-0.39, 0.29) is 0 Å². The zero-order valence-corrected chi connectivity index (χ0v) is 9.07. The molecule has 4 atom stereocenters. The van der Waals surface area contributed by atoms with Crippen LogP contribution in [0, 0.1) is 11.8 Å². The van der Waals surface area contributed by atoms with Crippen molar-refractivity contribution in [3.05, 3.63) is 0 Å². The third kappa shape index (κ3) is 1.08. The average Bonchev–Trinajstić information content (AvgIpc) is 2.41. The lowest BCUT2D eigenvalue weighted by molar-refractivity contribution is 0.465. The Hall–Kier alpha value is 0.960. The first-order valence-corrected chi connectivity index (χ1v) is 5.90. The van der Waals surface area contributed by atoms with Gasteiger partial charge in [0.2, 0.25) is 0 Å². The molecule has 0 heterocycles. The van der Waals surface area contributed by atoms with E-state index in [2.05, 4.69) is 31.9 Å². The molecule has 0 aromatic carbocycles. The van der Waals surface area contributed by atoms with Crippen LogP contribution >= 0.6 is 31.9 Å². The van der Waals surface area contributed by atoms with Crippen molar-refractivity contribution in [2.75, 3.05) is 0 Å². The number of hydrogen-bond donors (Lipinski definition) is 0. The van der Waals surface area contributed by atoms with Gasteiger partial charge in [-0.15, -0.1) is 0 Å². The third-order valence-electron chi connectivity index (χ3n) is 3.00. The SMILES string of the molecule is Br[C@@H]1[C@@H]2CCC[C@@H]2C[C@H]1Br. The molecule has 0 amide bonds. The molecule has 0 unspecified atom stereocenters. The Morgan fingerprint density at radius 3 is 2.60 bits per heavy atom. The molecule has 2 fully saturated rings. The first-order chi connectivity index (χ1) is 4.79. The topological polar surface area (TPSA) is 0 Å². The standard InChI is InChI=1S/C8H12Br2/c9-7-4-5-2-1-3-6(5)8(7)10/h5-8H,1-4H2/t5-,6-,7-,8-/m1/s1. The second-order valence-corrected chi connectivity index (χ2v) is 5.78. The van der Waals surface area contributed by atoms with Crippen LogP contribution in [0.5, 0.6) is 0 Å². The van der Waals surface area contributed by atoms with E-state index in [4.69, 9.17) is 0 Å². The summed E-state index contributed by atoms with van der Waals surface area (Å²) in [6.45, 7) is 0. The van der Waals surface area contributed by atoms with Gasteiger partial charge in [0.1, 0.15) is 0 Å². The molecule has 0 aromatic rings. The molecule has 2 aliphatic rings. The molecule has 0 N–H and O–H groups in total. The highest BCUT2D eigenvalue weighted by Gasteiger charge is 2.42. The highest BCUT2D eigenvalue weighted by atomic mass is 79.9. The van der Waals surface area contributed by atoms with Gasteiger partial charge in [-0.05, 0) is 24.7 Å². The normalized spacial score (nSPS) is 53.4. The minimum atomic E-state index is 0.753. The molecule has 10 heavy (non-hydrogen) atoms. The first kappa shape index (κ1) is 7.60. The van der Waals surface area contributed by atoms with Gasteiger partial charge >= 0.3 is 0 Å². The van der Waals surface area contributed by atoms with E-state index >= 15 is 0 Å². The summed E-state index contributed by atoms with van der Waals surface area (Å²) in [5.74, 6) is 2.03. The fraction of sp³-hybridized carbons (Fsp3) is 1.00. The monoisotopic (exact) mass is 266 g/mol. The summed E-state index contributed by atoms with van der Waals surface area (Å²) in [7, 11) is 0. The van der Waals surface area contributed by atoms with Gasteiger partial charge in [0.25, 0.3) is 0 Å². The van der Waals surface area contributed by atoms with Gasteiger partial charge in [-0.25, -0.2) is 0 Å². The van der Waals surface area contributed by atoms with Crippen LogP contribution in [0.3, 0.4) is 0 Å². The Kier molecular flexibility index (Phi) is 2.11. The van der Waals surface area contributed by atoms with Crippen molar-refractivity contribution < 1.29 is 0 Å². The molecule has 0 aliphatic heterocycles. The summed E-state index contributed by atoms with van der Waals surface area (Å²) in [4.78, 5) is 1.52. The van der Waals surface area contributed by atoms with E-state index in [0.29, 0.717) is 0 Å². The molecule has 2 heteroatoms. The number of fused-ring (bicyclic) bond motifs is 1. The van der Waals surface area contributed by atoms with Crippen LogP contribution in [0.15, 0.2) is 0 Å². The molecule has 2 rings (SSSR count). The average molecular weight is 268 g/mol. The third-order valence-corrected chi connectivity index (χ3v) is 5.97. The summed E-state index contributed by atoms with van der Waals surface area (Å²) in [6, 6.07) is 0. The zero-order valence-electron chi connectivity index (χ0n) is 5.89. The molecule has 0 radical (unpaired) electrons. The van der Waals surface area contributed by atoms with Gasteiger partial charge < -0.3 is 0 Å². The lowest BCUT2D eigenvalue weighted by Crippen LogP contribution is -2.13. The maximum absolute atomic E-state index is 3.76. The first-order valence-electron chi connectivity index (χ1n) is 4.07. The minimum absolute atomic E-state index is 0.753. The Balaban J connectivity index is 2.09. The Bertz CT molecular complexity index is 133. The molecule has 0 nitrogen and oxygen atoms in total. The Morgan fingerprint density at radius 2 is 1.90 bits per heavy atom. The second-order valence-electron chi connectivity index (χ2n) is 3.55. The lowest BCUT2D eigenvalue weighted by Gasteiger charge is -2.12. The van der Waals surface area contributed by atoms with Crippen molar-refractivity contribution in [2.45, 2.75) is 35.3 Å². The van der Waals surface area contributed by atoms with Crippen LogP contribution in [0.25, 0.3) is 0 Å². The number of rotatable bonds is 0. The van der Waals surface area contributed by atoms with E-state index in [0.717, 1.165) is 21.5 Å². The largest absolute Gasteiger partial charge is 0.0878 e. The van der Waals surface area contributed by atoms with Crippen molar-refractivity contribution in [3.63, 3.8) is 0 Å². The van der Waals surface area contributed by atoms with Crippen LogP contribution in [0.1, 0.15) is 25.7 Å². The second kappa shape index (κ2) is 2.78. The maximum Gasteiger partial charge on any atom is 0.0302 e. The number of halogens is 2. The van der Waals surface area contributed by atoms with Gasteiger partial charge in [-0.1, -0.05) is 44.7 Å². The molecular formula is C8H12Br2. The zero-order chi connectivity index (χ0) is 7.14. The van der Waals surface area contributed by atoms with Crippen LogP contribution in [-0.4, -0.2) is 9.65 Å². The van der Waals surface area contributed by atoms with Gasteiger partial charge in [0, 0.05) is 9.65 Å². The molecule has 0 bridgehead atoms. The maximum atomic E-state index is 3.76. The molecule has 58 valence electrons. The van der Waals surface area contributed by atoms with Crippen molar-refractivity contribution >= 4 is 31.9 Å². The van der Waals surface area contributed by atoms with Crippen LogP contribution in [0.2, 0.25) is 0 Å². The van der Waals surface area contributed by atoms with Gasteiger partial charge in [-0.3, -0.25) is 0 Å². The Labute approximate surface area is 79.0 Å². The summed E-state index contributed by atoms with van der Waals surface area (Å²) < 4.78 is 0. The van der Waals surface area contributed by atoms with Crippen molar-refractivity contribution in [2.24, 2.45) is 11.8 Å². The predicted octanol–water partition coefficient (Wildman–Crippen LogP) is 3.33. The number of hydrogen-bond acceptors (Lipinski definition) is 0. The fourth-order valence-electron chi connectivity index (χ4n) is 2.46. The van der Waals surface area contributed by atoms with E-state index < -0.39 is 0 Å². The van der Waals surface area contributed by atoms with E-state index in [9.17, 15) is 0 Å². The summed E-state index contributed by atoms with van der Waals surface area (Å²) in [5.41, 5.74) is 0. The van der Waals surface area contributed by atoms with E-state index in [1.54, 1.807) is 0 Å². The molecule has 0 spiro atoms. The smallest absolute Gasteiger partial charge is 0.0302 e. The predicted molar refractivity (Wildman–Crippen MR) is 50.9 cm³/mol. The van der Waals surface area contributed by atoms with Gasteiger partial charge in [-0.2, -0.15) is 0 Å². The van der Waals surface area contributed by atoms with Gasteiger partial charge in [0.15, 0.2) is 0 Å². The molecule has 0 aromatic heterocycles. The highest BCUT2D eigenvalue weighted by molar-refractivity contribution is 9.12. The van der Waals surface area contributed by atoms with Crippen LogP contribution < -0.4 is 0 Å². The highest BCUT2D eigenvalue weighted by Crippen LogP contribution is 2.49. The summed E-state index contributed by atoms with van der Waals surface area (Å²) >= 11 is 7.48. The minimum Gasteiger partial charge on any atom is -0.0878 e. The van der Waals surface area contributed by atoms with E-state index in [1.807, 2.05) is 0 Å². The number of alkyl halides is 2. The molecular weight excluding hydrogens is 256 g/mol. The van der Waals surface area contributed by atoms with Crippen molar-refractivity contribution in [1.82, 2.24) is 0 Å². The van der Waals surface area contributed by atoms with Crippen molar-refractivity contribution in [3.8, 4) is 0 Å². The van der Waals surface area contributed by atoms with Gasteiger partial charge in [0.05, 0.1) is 0 Å². The van der Waals surface area contributed by atoms with Crippen molar-refractivity contribution in [1.29, 1.82) is 0 Å². The summed E-state index contributed by atoms with van der Waals surface area (Å²) in [6.07, 6.45) is 5.81. The van der Waals surface area contributed by atoms with Crippen LogP contribution in [-0.2, 0) is 0 Å². The molecule has 2 aliphatic carbocycles.